The van der Waals surface area contributed by atoms with Gasteiger partial charge in [-0.05, 0) is 23.3 Å². The van der Waals surface area contributed by atoms with Crippen LogP contribution in [0.4, 0.5) is 5.69 Å². The topological polar surface area (TPSA) is 35.8 Å². The second-order valence-corrected chi connectivity index (χ2v) is 3.88. The molecule has 2 heteroatoms. The summed E-state index contributed by atoms with van der Waals surface area (Å²) in [7, 11) is 0. The lowest BCUT2D eigenvalue weighted by Gasteiger charge is -2.21. The second kappa shape index (κ2) is 3.39. The van der Waals surface area contributed by atoms with Crippen molar-refractivity contribution in [2.24, 2.45) is 0 Å². The zero-order valence-corrected chi connectivity index (χ0v) is 8.70. The number of nitriles is 1. The summed E-state index contributed by atoms with van der Waals surface area (Å²) in [4.78, 5) is 0. The molecule has 0 radical (unpaired) electrons. The highest BCUT2D eigenvalue weighted by Crippen LogP contribution is 2.35. The van der Waals surface area contributed by atoms with E-state index in [0.29, 0.717) is 5.56 Å². The van der Waals surface area contributed by atoms with E-state index >= 15 is 0 Å². The Morgan fingerprint density at radius 1 is 1.06 bits per heavy atom. The van der Waals surface area contributed by atoms with Gasteiger partial charge in [-0.25, -0.2) is 0 Å². The first-order chi connectivity index (χ1) is 7.88. The molecule has 0 aromatic heterocycles. The number of rotatable bonds is 0. The normalized spacial score (nSPS) is 11.9. The van der Waals surface area contributed by atoms with Crippen LogP contribution in [0.25, 0.3) is 11.1 Å². The van der Waals surface area contributed by atoms with Crippen LogP contribution in [0, 0.1) is 11.3 Å². The highest BCUT2D eigenvalue weighted by molar-refractivity contribution is 5.83. The lowest BCUT2D eigenvalue weighted by molar-refractivity contribution is 1.13. The van der Waals surface area contributed by atoms with Gasteiger partial charge >= 0.3 is 0 Å². The maximum Gasteiger partial charge on any atom is 0.0992 e. The van der Waals surface area contributed by atoms with Crippen LogP contribution >= 0.6 is 0 Å². The molecule has 1 heterocycles. The molecule has 1 aliphatic heterocycles. The SMILES string of the molecule is N#Cc1ccc2c(c1)NCc1ccccc1-2. The first-order valence-electron chi connectivity index (χ1n) is 5.25. The summed E-state index contributed by atoms with van der Waals surface area (Å²) < 4.78 is 0. The molecule has 0 fully saturated rings. The molecular weight excluding hydrogens is 196 g/mol. The first kappa shape index (κ1) is 8.99. The summed E-state index contributed by atoms with van der Waals surface area (Å²) in [6.07, 6.45) is 0. The maximum absolute atomic E-state index is 8.86. The van der Waals surface area contributed by atoms with Gasteiger partial charge in [-0.1, -0.05) is 30.3 Å². The van der Waals surface area contributed by atoms with Crippen molar-refractivity contribution in [2.75, 3.05) is 5.32 Å². The van der Waals surface area contributed by atoms with Crippen LogP contribution in [0.3, 0.4) is 0 Å². The molecule has 0 unspecified atom stereocenters. The minimum atomic E-state index is 0.700. The van der Waals surface area contributed by atoms with Crippen LogP contribution in [0.1, 0.15) is 11.1 Å². The average Bonchev–Trinajstić information content (AvgIpc) is 2.38. The standard InChI is InChI=1S/C14H10N2/c15-8-10-5-6-13-12-4-2-1-3-11(12)9-16-14(13)7-10/h1-7,16H,9H2. The van der Waals surface area contributed by atoms with Crippen molar-refractivity contribution >= 4 is 5.69 Å². The van der Waals surface area contributed by atoms with Crippen molar-refractivity contribution in [3.63, 3.8) is 0 Å². The molecule has 76 valence electrons. The van der Waals surface area contributed by atoms with Gasteiger partial charge in [0.05, 0.1) is 11.6 Å². The number of benzene rings is 2. The van der Waals surface area contributed by atoms with Crippen LogP contribution in [0.15, 0.2) is 42.5 Å². The van der Waals surface area contributed by atoms with E-state index in [1.165, 1.54) is 16.7 Å². The molecule has 0 atom stereocenters. The largest absolute Gasteiger partial charge is 0.380 e. The van der Waals surface area contributed by atoms with E-state index in [-0.39, 0.29) is 0 Å². The van der Waals surface area contributed by atoms with Gasteiger partial charge in [-0.15, -0.1) is 0 Å². The van der Waals surface area contributed by atoms with E-state index < -0.39 is 0 Å². The van der Waals surface area contributed by atoms with Crippen LogP contribution in [-0.2, 0) is 6.54 Å². The molecule has 0 amide bonds. The summed E-state index contributed by atoms with van der Waals surface area (Å²) >= 11 is 0. The molecule has 3 rings (SSSR count). The minimum absolute atomic E-state index is 0.700. The Balaban J connectivity index is 2.23. The molecule has 1 aliphatic rings. The molecule has 2 aromatic rings. The smallest absolute Gasteiger partial charge is 0.0992 e. The lowest BCUT2D eigenvalue weighted by atomic mass is 9.94. The third kappa shape index (κ3) is 1.26. The highest BCUT2D eigenvalue weighted by atomic mass is 14.9. The minimum Gasteiger partial charge on any atom is -0.380 e. The van der Waals surface area contributed by atoms with E-state index in [4.69, 9.17) is 5.26 Å². The fourth-order valence-electron chi connectivity index (χ4n) is 2.12. The third-order valence-electron chi connectivity index (χ3n) is 2.93. The van der Waals surface area contributed by atoms with Gasteiger partial charge in [0.25, 0.3) is 0 Å². The third-order valence-corrected chi connectivity index (χ3v) is 2.93. The average molecular weight is 206 g/mol. The fourth-order valence-corrected chi connectivity index (χ4v) is 2.12. The molecule has 0 spiro atoms. The van der Waals surface area contributed by atoms with E-state index in [0.717, 1.165) is 12.2 Å². The van der Waals surface area contributed by atoms with Gasteiger partial charge in [-0.2, -0.15) is 5.26 Å². The molecule has 2 nitrogen and oxygen atoms in total. The van der Waals surface area contributed by atoms with E-state index in [1.807, 2.05) is 24.3 Å². The number of anilines is 1. The zero-order valence-electron chi connectivity index (χ0n) is 8.70. The summed E-state index contributed by atoms with van der Waals surface area (Å²) in [5, 5.41) is 12.2. The summed E-state index contributed by atoms with van der Waals surface area (Å²) in [6, 6.07) is 16.3. The van der Waals surface area contributed by atoms with Crippen LogP contribution < -0.4 is 5.32 Å². The number of hydrogen-bond acceptors (Lipinski definition) is 2. The number of hydrogen-bond donors (Lipinski definition) is 1. The quantitative estimate of drug-likeness (QED) is 0.718. The lowest BCUT2D eigenvalue weighted by Crippen LogP contribution is -2.08. The van der Waals surface area contributed by atoms with E-state index in [2.05, 4.69) is 29.6 Å². The fraction of sp³-hybridized carbons (Fsp3) is 0.0714. The molecule has 2 aromatic carbocycles. The molecular formula is C14H10N2. The molecule has 0 saturated heterocycles. The Labute approximate surface area is 94.2 Å². The Morgan fingerprint density at radius 3 is 2.81 bits per heavy atom. The molecule has 1 N–H and O–H groups in total. The summed E-state index contributed by atoms with van der Waals surface area (Å²) in [5.41, 5.74) is 5.50. The van der Waals surface area contributed by atoms with Crippen molar-refractivity contribution in [2.45, 2.75) is 6.54 Å². The Kier molecular flexibility index (Phi) is 1.91. The van der Waals surface area contributed by atoms with Crippen molar-refractivity contribution in [1.29, 1.82) is 5.26 Å². The number of fused-ring (bicyclic) bond motifs is 3. The van der Waals surface area contributed by atoms with Crippen LogP contribution in [0.2, 0.25) is 0 Å². The molecule has 0 aliphatic carbocycles. The van der Waals surface area contributed by atoms with Gasteiger partial charge in [0.15, 0.2) is 0 Å². The van der Waals surface area contributed by atoms with Gasteiger partial charge < -0.3 is 5.32 Å². The van der Waals surface area contributed by atoms with Crippen molar-refractivity contribution in [3.8, 4) is 17.2 Å². The van der Waals surface area contributed by atoms with Gasteiger partial charge in [0.2, 0.25) is 0 Å². The van der Waals surface area contributed by atoms with E-state index in [1.54, 1.807) is 0 Å². The Morgan fingerprint density at radius 2 is 1.94 bits per heavy atom. The first-order valence-corrected chi connectivity index (χ1v) is 5.25. The van der Waals surface area contributed by atoms with Gasteiger partial charge in [-0.3, -0.25) is 0 Å². The zero-order chi connectivity index (χ0) is 11.0. The summed E-state index contributed by atoms with van der Waals surface area (Å²) in [5.74, 6) is 0. The monoisotopic (exact) mass is 206 g/mol. The van der Waals surface area contributed by atoms with Gasteiger partial charge in [0.1, 0.15) is 0 Å². The predicted octanol–water partition coefficient (Wildman–Crippen LogP) is 3.15. The molecule has 0 bridgehead atoms. The Hall–Kier alpha value is -2.27. The van der Waals surface area contributed by atoms with Crippen molar-refractivity contribution in [3.05, 3.63) is 53.6 Å². The van der Waals surface area contributed by atoms with Crippen LogP contribution in [-0.4, -0.2) is 0 Å². The second-order valence-electron chi connectivity index (χ2n) is 3.88. The highest BCUT2D eigenvalue weighted by Gasteiger charge is 2.14. The summed E-state index contributed by atoms with van der Waals surface area (Å²) in [6.45, 7) is 0.831. The molecule has 0 saturated carbocycles. The molecule has 16 heavy (non-hydrogen) atoms. The maximum atomic E-state index is 8.86. The number of nitrogens with zero attached hydrogens (tertiary/aromatic N) is 1. The van der Waals surface area contributed by atoms with Crippen molar-refractivity contribution in [1.82, 2.24) is 0 Å². The van der Waals surface area contributed by atoms with Crippen molar-refractivity contribution < 1.29 is 0 Å². The predicted molar refractivity (Wildman–Crippen MR) is 63.9 cm³/mol. The number of nitrogens with one attached hydrogen (secondary N) is 1. The Bertz CT molecular complexity index is 594. The van der Waals surface area contributed by atoms with Crippen LogP contribution in [0.5, 0.6) is 0 Å². The van der Waals surface area contributed by atoms with E-state index in [9.17, 15) is 0 Å². The van der Waals surface area contributed by atoms with Gasteiger partial charge in [0, 0.05) is 17.8 Å².